The number of amides is 1. The standard InChI is InChI=1S/C36H39F2N5O3/c1-36(2,3)43-15-13-41(14-16-43)26-11-10-25(39-20-26)17-24-18-30(34-28(37)7-6-8-29(34)38)40-31-22-42(35(44)33(24)31)21-23-9-12-27(45-4)19-32(23)46-5/h6-12,18-20H,13-17,21-22H2,1-5H3. The fourth-order valence-electron chi connectivity index (χ4n) is 6.31. The molecule has 0 N–H and O–H groups in total. The summed E-state index contributed by atoms with van der Waals surface area (Å²) in [5.41, 5.74) is 4.19. The van der Waals surface area contributed by atoms with E-state index in [4.69, 9.17) is 14.5 Å². The van der Waals surface area contributed by atoms with Gasteiger partial charge in [0.1, 0.15) is 23.1 Å². The zero-order valence-electron chi connectivity index (χ0n) is 26.9. The molecule has 1 fully saturated rings. The molecule has 10 heteroatoms. The number of hydrogen-bond acceptors (Lipinski definition) is 7. The number of hydrogen-bond donors (Lipinski definition) is 0. The molecule has 2 aromatic heterocycles. The Morgan fingerprint density at radius 3 is 2.24 bits per heavy atom. The highest BCUT2D eigenvalue weighted by Gasteiger charge is 2.33. The van der Waals surface area contributed by atoms with Crippen molar-refractivity contribution < 1.29 is 23.0 Å². The molecular weight excluding hydrogens is 588 g/mol. The third kappa shape index (κ3) is 6.26. The molecule has 0 radical (unpaired) electrons. The van der Waals surface area contributed by atoms with Crippen LogP contribution in [-0.2, 0) is 19.5 Å². The van der Waals surface area contributed by atoms with Crippen LogP contribution < -0.4 is 14.4 Å². The summed E-state index contributed by atoms with van der Waals surface area (Å²) in [6, 6.07) is 14.8. The topological polar surface area (TPSA) is 71.0 Å². The molecule has 2 aliphatic heterocycles. The van der Waals surface area contributed by atoms with E-state index in [-0.39, 0.29) is 35.8 Å². The predicted molar refractivity (Wildman–Crippen MR) is 173 cm³/mol. The van der Waals surface area contributed by atoms with Gasteiger partial charge in [0.2, 0.25) is 0 Å². The smallest absolute Gasteiger partial charge is 0.256 e. The summed E-state index contributed by atoms with van der Waals surface area (Å²) in [6.07, 6.45) is 2.17. The van der Waals surface area contributed by atoms with E-state index >= 15 is 0 Å². The second-order valence-corrected chi connectivity index (χ2v) is 12.8. The van der Waals surface area contributed by atoms with Gasteiger partial charge in [-0.3, -0.25) is 14.7 Å². The van der Waals surface area contributed by atoms with Gasteiger partial charge < -0.3 is 19.3 Å². The average Bonchev–Trinajstić information content (AvgIpc) is 3.35. The van der Waals surface area contributed by atoms with Crippen LogP contribution in [0.2, 0.25) is 0 Å². The zero-order valence-corrected chi connectivity index (χ0v) is 26.9. The highest BCUT2D eigenvalue weighted by Crippen LogP contribution is 2.35. The average molecular weight is 628 g/mol. The van der Waals surface area contributed by atoms with Crippen LogP contribution in [0.1, 0.15) is 53.6 Å². The summed E-state index contributed by atoms with van der Waals surface area (Å²) in [5.74, 6) is -0.394. The quantitative estimate of drug-likeness (QED) is 0.234. The molecule has 46 heavy (non-hydrogen) atoms. The lowest BCUT2D eigenvalue weighted by molar-refractivity contribution is 0.0764. The van der Waals surface area contributed by atoms with E-state index in [1.165, 1.54) is 18.2 Å². The highest BCUT2D eigenvalue weighted by atomic mass is 19.1. The van der Waals surface area contributed by atoms with Crippen molar-refractivity contribution in [2.45, 2.75) is 45.8 Å². The van der Waals surface area contributed by atoms with Crippen molar-refractivity contribution in [3.8, 4) is 22.8 Å². The number of halogens is 2. The second kappa shape index (κ2) is 12.7. The molecule has 0 bridgehead atoms. The Kier molecular flexibility index (Phi) is 8.65. The van der Waals surface area contributed by atoms with Gasteiger partial charge in [-0.05, 0) is 68.8 Å². The first kappa shape index (κ1) is 31.4. The lowest BCUT2D eigenvalue weighted by Gasteiger charge is -2.43. The van der Waals surface area contributed by atoms with Crippen molar-refractivity contribution in [1.82, 2.24) is 19.8 Å². The minimum Gasteiger partial charge on any atom is -0.497 e. The molecule has 2 aromatic carbocycles. The first-order valence-corrected chi connectivity index (χ1v) is 15.5. The number of aromatic nitrogens is 2. The van der Waals surface area contributed by atoms with Crippen LogP contribution >= 0.6 is 0 Å². The van der Waals surface area contributed by atoms with Gasteiger partial charge in [0.15, 0.2) is 0 Å². The van der Waals surface area contributed by atoms with Crippen LogP contribution in [0.25, 0.3) is 11.3 Å². The molecular formula is C36H39F2N5O3. The third-order valence-electron chi connectivity index (χ3n) is 8.87. The summed E-state index contributed by atoms with van der Waals surface area (Å²) in [6.45, 7) is 10.9. The normalized spacial score (nSPS) is 15.3. The van der Waals surface area contributed by atoms with Crippen molar-refractivity contribution in [2.75, 3.05) is 45.3 Å². The first-order valence-electron chi connectivity index (χ1n) is 15.5. The molecule has 0 aliphatic carbocycles. The van der Waals surface area contributed by atoms with Crippen molar-refractivity contribution in [2.24, 2.45) is 0 Å². The summed E-state index contributed by atoms with van der Waals surface area (Å²) in [5, 5.41) is 0. The van der Waals surface area contributed by atoms with Crippen molar-refractivity contribution >= 4 is 11.6 Å². The van der Waals surface area contributed by atoms with E-state index in [0.717, 1.165) is 43.1 Å². The van der Waals surface area contributed by atoms with E-state index in [2.05, 4.69) is 41.6 Å². The van der Waals surface area contributed by atoms with Gasteiger partial charge in [0, 0.05) is 55.5 Å². The number of anilines is 1. The number of piperazine rings is 1. The number of ether oxygens (including phenoxy) is 2. The van der Waals surface area contributed by atoms with Crippen LogP contribution in [0.15, 0.2) is 60.8 Å². The second-order valence-electron chi connectivity index (χ2n) is 12.8. The Bertz CT molecular complexity index is 1730. The Balaban J connectivity index is 1.30. The molecule has 6 rings (SSSR count). The number of carbonyl (C=O) groups excluding carboxylic acids is 1. The molecule has 1 amide bonds. The van der Waals surface area contributed by atoms with Crippen LogP contribution in [0, 0.1) is 11.6 Å². The number of benzene rings is 2. The van der Waals surface area contributed by atoms with E-state index in [9.17, 15) is 13.6 Å². The maximum Gasteiger partial charge on any atom is 0.256 e. The monoisotopic (exact) mass is 627 g/mol. The Morgan fingerprint density at radius 2 is 1.61 bits per heavy atom. The van der Waals surface area contributed by atoms with E-state index in [1.54, 1.807) is 31.3 Å². The Labute approximate surface area is 268 Å². The zero-order chi connectivity index (χ0) is 32.6. The third-order valence-corrected chi connectivity index (χ3v) is 8.87. The highest BCUT2D eigenvalue weighted by molar-refractivity contribution is 5.99. The van der Waals surface area contributed by atoms with Crippen LogP contribution in [0.3, 0.4) is 0 Å². The number of fused-ring (bicyclic) bond motifs is 1. The number of methoxy groups -OCH3 is 2. The number of nitrogens with zero attached hydrogens (tertiary/aromatic N) is 5. The van der Waals surface area contributed by atoms with E-state index in [1.807, 2.05) is 24.4 Å². The minimum absolute atomic E-state index is 0.136. The van der Waals surface area contributed by atoms with E-state index in [0.29, 0.717) is 34.7 Å². The van der Waals surface area contributed by atoms with Crippen molar-refractivity contribution in [3.63, 3.8) is 0 Å². The summed E-state index contributed by atoms with van der Waals surface area (Å²) < 4.78 is 40.8. The fraction of sp³-hybridized carbons (Fsp3) is 0.361. The lowest BCUT2D eigenvalue weighted by atomic mass is 9.98. The summed E-state index contributed by atoms with van der Waals surface area (Å²) in [4.78, 5) is 29.8. The number of pyridine rings is 2. The molecule has 1 saturated heterocycles. The summed E-state index contributed by atoms with van der Waals surface area (Å²) >= 11 is 0. The molecule has 0 spiro atoms. The molecule has 8 nitrogen and oxygen atoms in total. The minimum atomic E-state index is -0.711. The van der Waals surface area contributed by atoms with Crippen LogP contribution in [0.4, 0.5) is 14.5 Å². The van der Waals surface area contributed by atoms with Crippen molar-refractivity contribution in [1.29, 1.82) is 0 Å². The molecule has 240 valence electrons. The van der Waals surface area contributed by atoms with Gasteiger partial charge in [-0.15, -0.1) is 0 Å². The molecule has 4 aromatic rings. The van der Waals surface area contributed by atoms with Gasteiger partial charge in [-0.25, -0.2) is 13.8 Å². The number of rotatable bonds is 8. The predicted octanol–water partition coefficient (Wildman–Crippen LogP) is 6.11. The molecule has 4 heterocycles. The largest absolute Gasteiger partial charge is 0.497 e. The van der Waals surface area contributed by atoms with Crippen LogP contribution in [0.5, 0.6) is 11.5 Å². The van der Waals surface area contributed by atoms with Crippen LogP contribution in [-0.4, -0.2) is 71.6 Å². The maximum atomic E-state index is 14.9. The van der Waals surface area contributed by atoms with Gasteiger partial charge >= 0.3 is 0 Å². The lowest BCUT2D eigenvalue weighted by Crippen LogP contribution is -2.53. The Hall–Kier alpha value is -4.57. The Morgan fingerprint density at radius 1 is 0.870 bits per heavy atom. The van der Waals surface area contributed by atoms with Gasteiger partial charge in [0.05, 0.1) is 61.7 Å². The van der Waals surface area contributed by atoms with Gasteiger partial charge in [-0.1, -0.05) is 6.07 Å². The number of carbonyl (C=O) groups is 1. The van der Waals surface area contributed by atoms with E-state index < -0.39 is 11.6 Å². The SMILES string of the molecule is COc1ccc(CN2Cc3nc(-c4c(F)cccc4F)cc(Cc4ccc(N5CCN(C(C)(C)C)CC5)cn4)c3C2=O)c(OC)c1. The summed E-state index contributed by atoms with van der Waals surface area (Å²) in [7, 11) is 3.15. The first-order chi connectivity index (χ1) is 22.0. The molecule has 0 atom stereocenters. The fourth-order valence-corrected chi connectivity index (χ4v) is 6.31. The van der Waals surface area contributed by atoms with Crippen molar-refractivity contribution in [3.05, 3.63) is 101 Å². The molecule has 2 aliphatic rings. The molecule has 0 saturated carbocycles. The maximum absolute atomic E-state index is 14.9. The molecule has 0 unspecified atom stereocenters. The van der Waals surface area contributed by atoms with Gasteiger partial charge in [-0.2, -0.15) is 0 Å². The van der Waals surface area contributed by atoms with Gasteiger partial charge in [0.25, 0.3) is 5.91 Å².